The fourth-order valence-corrected chi connectivity index (χ4v) is 0.759. The van der Waals surface area contributed by atoms with Crippen LogP contribution in [0.2, 0.25) is 0 Å². The number of rotatable bonds is 6. The molecule has 0 saturated heterocycles. The van der Waals surface area contributed by atoms with E-state index in [-0.39, 0.29) is 26.1 Å². The topological polar surface area (TPSA) is 52.6 Å². The van der Waals surface area contributed by atoms with Gasteiger partial charge in [-0.2, -0.15) is 0 Å². The van der Waals surface area contributed by atoms with Gasteiger partial charge in [-0.05, 0) is 13.8 Å². The van der Waals surface area contributed by atoms with Gasteiger partial charge in [-0.15, -0.1) is 0 Å². The summed E-state index contributed by atoms with van der Waals surface area (Å²) < 4.78 is 34.0. The van der Waals surface area contributed by atoms with Crippen LogP contribution in [0, 0.1) is 0 Å². The van der Waals surface area contributed by atoms with Crippen LogP contribution in [0.1, 0.15) is 26.7 Å². The molecule has 0 fully saturated rings. The first-order valence-corrected chi connectivity index (χ1v) is 5.08. The number of hydrogen-bond acceptors (Lipinski definition) is 4. The predicted molar refractivity (Wildman–Crippen MR) is 56.6 cm³/mol. The maximum absolute atomic E-state index is 13.0. The van der Waals surface area contributed by atoms with E-state index >= 15 is 0 Å². The van der Waals surface area contributed by atoms with Crippen LogP contribution in [0.15, 0.2) is 12.4 Å². The second-order valence-electron chi connectivity index (χ2n) is 4.01. The molecule has 0 spiro atoms. The Hall–Kier alpha value is -1.46. The summed E-state index contributed by atoms with van der Waals surface area (Å²) in [6.07, 6.45) is -0.191. The van der Waals surface area contributed by atoms with Gasteiger partial charge < -0.3 is 9.47 Å². The highest BCUT2D eigenvalue weighted by atomic mass is 19.1. The second-order valence-corrected chi connectivity index (χ2v) is 4.01. The zero-order chi connectivity index (χ0) is 13.5. The van der Waals surface area contributed by atoms with Gasteiger partial charge in [0.05, 0.1) is 19.0 Å². The first-order valence-electron chi connectivity index (χ1n) is 5.08. The summed E-state index contributed by atoms with van der Waals surface area (Å²) in [4.78, 5) is 21.9. The second kappa shape index (κ2) is 6.98. The molecule has 0 saturated carbocycles. The molecule has 0 aliphatic carbocycles. The third kappa shape index (κ3) is 9.47. The lowest BCUT2D eigenvalue weighted by Gasteiger charge is -2.13. The van der Waals surface area contributed by atoms with Crippen LogP contribution < -0.4 is 0 Å². The molecule has 0 radical (unpaired) electrons. The third-order valence-electron chi connectivity index (χ3n) is 1.70. The van der Waals surface area contributed by atoms with Gasteiger partial charge in [-0.1, -0.05) is 6.58 Å². The summed E-state index contributed by atoms with van der Waals surface area (Å²) in [6.45, 7) is 5.11. The van der Waals surface area contributed by atoms with Crippen molar-refractivity contribution in [1.29, 1.82) is 0 Å². The molecule has 0 aromatic heterocycles. The molecule has 0 aliphatic rings. The number of alkyl halides is 1. The fraction of sp³-hybridized carbons (Fsp3) is 0.636. The van der Waals surface area contributed by atoms with Gasteiger partial charge >= 0.3 is 11.9 Å². The highest BCUT2D eigenvalue weighted by Crippen LogP contribution is 2.13. The van der Waals surface area contributed by atoms with Gasteiger partial charge in [0.15, 0.2) is 0 Å². The Balaban J connectivity index is 3.75. The number of carbonyl (C=O) groups excluding carboxylic acids is 2. The van der Waals surface area contributed by atoms with Crippen LogP contribution >= 0.6 is 0 Å². The average molecular weight is 250 g/mol. The number of halogens is 2. The standard InChI is InChI=1S/C11H16F2O4/c1-8(12)4-6-16-9(14)10(15)17-7-5-11(2,3)13/h1,4-7H2,2-3H3. The molecule has 0 rings (SSSR count). The number of esters is 2. The molecule has 0 heterocycles. The maximum Gasteiger partial charge on any atom is 0.417 e. The molecule has 98 valence electrons. The molecule has 0 unspecified atom stereocenters. The van der Waals surface area contributed by atoms with Gasteiger partial charge in [0, 0.05) is 12.8 Å². The largest absolute Gasteiger partial charge is 0.457 e. The SMILES string of the molecule is C=C(F)CCOC(=O)C(=O)OCCC(C)(C)F. The Labute approximate surface area is 98.6 Å². The maximum atomic E-state index is 13.0. The van der Waals surface area contributed by atoms with Crippen molar-refractivity contribution in [3.8, 4) is 0 Å². The zero-order valence-electron chi connectivity index (χ0n) is 9.92. The van der Waals surface area contributed by atoms with Crippen molar-refractivity contribution in [3.05, 3.63) is 12.4 Å². The molecule has 4 nitrogen and oxygen atoms in total. The Morgan fingerprint density at radius 1 is 1.18 bits per heavy atom. The molecule has 0 aromatic rings. The lowest BCUT2D eigenvalue weighted by molar-refractivity contribution is -0.168. The minimum atomic E-state index is -1.48. The Morgan fingerprint density at radius 2 is 1.65 bits per heavy atom. The summed E-state index contributed by atoms with van der Waals surface area (Å²) in [5.74, 6) is -3.08. The minimum absolute atomic E-state index is 0.0205. The Kier molecular flexibility index (Phi) is 6.38. The monoisotopic (exact) mass is 250 g/mol. The van der Waals surface area contributed by atoms with E-state index in [1.54, 1.807) is 0 Å². The van der Waals surface area contributed by atoms with Crippen molar-refractivity contribution < 1.29 is 27.8 Å². The number of carbonyl (C=O) groups is 2. The van der Waals surface area contributed by atoms with E-state index in [0.29, 0.717) is 0 Å². The van der Waals surface area contributed by atoms with Gasteiger partial charge in [0.1, 0.15) is 5.67 Å². The molecular formula is C11H16F2O4. The van der Waals surface area contributed by atoms with Crippen molar-refractivity contribution in [3.63, 3.8) is 0 Å². The lowest BCUT2D eigenvalue weighted by Crippen LogP contribution is -2.23. The van der Waals surface area contributed by atoms with E-state index in [9.17, 15) is 18.4 Å². The lowest BCUT2D eigenvalue weighted by atomic mass is 10.1. The Morgan fingerprint density at radius 3 is 2.06 bits per heavy atom. The van der Waals surface area contributed by atoms with E-state index in [0.717, 1.165) is 0 Å². The average Bonchev–Trinajstić information content (AvgIpc) is 2.14. The minimum Gasteiger partial charge on any atom is -0.457 e. The molecule has 0 N–H and O–H groups in total. The molecule has 0 amide bonds. The first kappa shape index (κ1) is 15.5. The quantitative estimate of drug-likeness (QED) is 0.535. The number of hydrogen-bond donors (Lipinski definition) is 0. The smallest absolute Gasteiger partial charge is 0.417 e. The van der Waals surface area contributed by atoms with Crippen LogP contribution in [0.3, 0.4) is 0 Å². The van der Waals surface area contributed by atoms with Crippen LogP contribution in [-0.2, 0) is 19.1 Å². The molecule has 0 atom stereocenters. The fourth-order valence-electron chi connectivity index (χ4n) is 0.759. The van der Waals surface area contributed by atoms with Crippen LogP contribution in [0.4, 0.5) is 8.78 Å². The normalized spacial score (nSPS) is 10.8. The molecule has 17 heavy (non-hydrogen) atoms. The van der Waals surface area contributed by atoms with Crippen LogP contribution in [-0.4, -0.2) is 30.8 Å². The highest BCUT2D eigenvalue weighted by molar-refractivity contribution is 6.29. The molecule has 0 bridgehead atoms. The van der Waals surface area contributed by atoms with Crippen LogP contribution in [0.5, 0.6) is 0 Å². The summed E-state index contributed by atoms with van der Waals surface area (Å²) >= 11 is 0. The molecule has 6 heteroatoms. The van der Waals surface area contributed by atoms with Crippen molar-refractivity contribution >= 4 is 11.9 Å². The number of ether oxygens (including phenoxy) is 2. The highest BCUT2D eigenvalue weighted by Gasteiger charge is 2.20. The van der Waals surface area contributed by atoms with E-state index in [1.165, 1.54) is 13.8 Å². The van der Waals surface area contributed by atoms with Gasteiger partial charge in [-0.3, -0.25) is 0 Å². The summed E-state index contributed by atoms with van der Waals surface area (Å²) in [5.41, 5.74) is -1.48. The van der Waals surface area contributed by atoms with Crippen molar-refractivity contribution in [1.82, 2.24) is 0 Å². The Bertz CT molecular complexity index is 294. The summed E-state index contributed by atoms with van der Waals surface area (Å²) in [5, 5.41) is 0. The van der Waals surface area contributed by atoms with Crippen molar-refractivity contribution in [2.45, 2.75) is 32.4 Å². The van der Waals surface area contributed by atoms with Crippen LogP contribution in [0.25, 0.3) is 0 Å². The molecule has 0 aliphatic heterocycles. The zero-order valence-corrected chi connectivity index (χ0v) is 9.92. The first-order chi connectivity index (χ1) is 7.72. The van der Waals surface area contributed by atoms with Gasteiger partial charge in [-0.25, -0.2) is 18.4 Å². The third-order valence-corrected chi connectivity index (χ3v) is 1.70. The van der Waals surface area contributed by atoms with Gasteiger partial charge in [0.25, 0.3) is 0 Å². The van der Waals surface area contributed by atoms with E-state index in [2.05, 4.69) is 16.1 Å². The van der Waals surface area contributed by atoms with Crippen molar-refractivity contribution in [2.75, 3.05) is 13.2 Å². The predicted octanol–water partition coefficient (Wildman–Crippen LogP) is 2.08. The van der Waals surface area contributed by atoms with Crippen molar-refractivity contribution in [2.24, 2.45) is 0 Å². The van der Waals surface area contributed by atoms with Gasteiger partial charge in [0.2, 0.25) is 0 Å². The van der Waals surface area contributed by atoms with E-state index < -0.39 is 23.4 Å². The summed E-state index contributed by atoms with van der Waals surface area (Å²) in [7, 11) is 0. The molecular weight excluding hydrogens is 234 g/mol. The molecule has 0 aromatic carbocycles. The van der Waals surface area contributed by atoms with E-state index in [1.807, 2.05) is 0 Å². The summed E-state index contributed by atoms with van der Waals surface area (Å²) in [6, 6.07) is 0. The van der Waals surface area contributed by atoms with E-state index in [4.69, 9.17) is 0 Å².